The maximum Gasteiger partial charge on any atom is 0.183 e. The van der Waals surface area contributed by atoms with E-state index in [1.807, 2.05) is 0 Å². The third-order valence-corrected chi connectivity index (χ3v) is 3.04. The van der Waals surface area contributed by atoms with E-state index < -0.39 is 0 Å². The van der Waals surface area contributed by atoms with Crippen LogP contribution in [0.15, 0.2) is 5.16 Å². The van der Waals surface area contributed by atoms with Gasteiger partial charge in [0.25, 0.3) is 0 Å². The van der Waals surface area contributed by atoms with Crippen LogP contribution in [0.25, 0.3) is 0 Å². The van der Waals surface area contributed by atoms with Gasteiger partial charge in [0, 0.05) is 5.92 Å². The van der Waals surface area contributed by atoms with Gasteiger partial charge in [0.1, 0.15) is 5.71 Å². The van der Waals surface area contributed by atoms with E-state index >= 15 is 0 Å². The normalized spacial score (nSPS) is 38.7. The first kappa shape index (κ1) is 7.77. The van der Waals surface area contributed by atoms with Gasteiger partial charge >= 0.3 is 0 Å². The highest BCUT2D eigenvalue weighted by Gasteiger charge is 2.36. The molecule has 0 saturated heterocycles. The van der Waals surface area contributed by atoms with E-state index in [0.717, 1.165) is 12.8 Å². The summed E-state index contributed by atoms with van der Waals surface area (Å²) in [4.78, 5) is 11.5. The van der Waals surface area contributed by atoms with Crippen molar-refractivity contribution >= 4 is 11.5 Å². The van der Waals surface area contributed by atoms with Gasteiger partial charge in [-0.15, -0.1) is 0 Å². The molecule has 0 heterocycles. The number of hydrogen-bond acceptors (Lipinski definition) is 3. The van der Waals surface area contributed by atoms with Crippen LogP contribution in [-0.4, -0.2) is 16.7 Å². The fraction of sp³-hybridized carbons (Fsp3) is 0.778. The molecule has 0 aromatic heterocycles. The number of fused-ring (bicyclic) bond motifs is 2. The van der Waals surface area contributed by atoms with Crippen LogP contribution in [0.5, 0.6) is 0 Å². The minimum absolute atomic E-state index is 0.0912. The quantitative estimate of drug-likeness (QED) is 0.440. The first-order chi connectivity index (χ1) is 5.81. The highest BCUT2D eigenvalue weighted by Crippen LogP contribution is 2.36. The number of hydrogen-bond donors (Lipinski definition) is 1. The first-order valence-electron chi connectivity index (χ1n) is 4.56. The number of carbonyl (C=O) groups excluding carboxylic acids is 1. The number of carbonyl (C=O) groups is 1. The van der Waals surface area contributed by atoms with Crippen molar-refractivity contribution in [1.82, 2.24) is 0 Å². The summed E-state index contributed by atoms with van der Waals surface area (Å²) in [6.45, 7) is 0. The molecule has 2 aliphatic rings. The molecule has 0 spiro atoms. The Morgan fingerprint density at radius 2 is 2.25 bits per heavy atom. The van der Waals surface area contributed by atoms with Gasteiger partial charge in [-0.05, 0) is 25.2 Å². The number of ketones is 1. The molecule has 2 saturated carbocycles. The van der Waals surface area contributed by atoms with Crippen molar-refractivity contribution in [3.63, 3.8) is 0 Å². The standard InChI is InChI=1S/C9H13NO2/c11-9-7-3-1-2-6(4-7)5-8(9)10-12/h6-7,12H,1-5H2/b10-8+. The van der Waals surface area contributed by atoms with Crippen molar-refractivity contribution in [3.05, 3.63) is 0 Å². The third kappa shape index (κ3) is 1.13. The fourth-order valence-corrected chi connectivity index (χ4v) is 2.41. The SMILES string of the molecule is O=C1/C(=N/O)CC2CCCC1C2. The summed E-state index contributed by atoms with van der Waals surface area (Å²) in [5.74, 6) is 0.865. The van der Waals surface area contributed by atoms with Crippen molar-refractivity contribution in [3.8, 4) is 0 Å². The summed E-state index contributed by atoms with van der Waals surface area (Å²) in [6, 6.07) is 0. The van der Waals surface area contributed by atoms with Crippen LogP contribution in [-0.2, 0) is 4.79 Å². The molecule has 2 rings (SSSR count). The van der Waals surface area contributed by atoms with Gasteiger partial charge in [0.15, 0.2) is 5.78 Å². The van der Waals surface area contributed by atoms with E-state index in [0.29, 0.717) is 18.1 Å². The monoisotopic (exact) mass is 167 g/mol. The van der Waals surface area contributed by atoms with Gasteiger partial charge in [-0.3, -0.25) is 4.79 Å². The summed E-state index contributed by atoms with van der Waals surface area (Å²) in [5, 5.41) is 11.7. The molecule has 2 aliphatic carbocycles. The third-order valence-electron chi connectivity index (χ3n) is 3.04. The lowest BCUT2D eigenvalue weighted by atomic mass is 9.71. The second-order valence-electron chi connectivity index (χ2n) is 3.84. The molecular weight excluding hydrogens is 154 g/mol. The van der Waals surface area contributed by atoms with E-state index in [1.54, 1.807) is 0 Å². The average Bonchev–Trinajstić information content (AvgIpc) is 2.12. The van der Waals surface area contributed by atoms with Gasteiger partial charge in [-0.1, -0.05) is 18.0 Å². The topological polar surface area (TPSA) is 49.7 Å². The second-order valence-corrected chi connectivity index (χ2v) is 3.84. The van der Waals surface area contributed by atoms with E-state index in [2.05, 4.69) is 5.16 Å². The minimum atomic E-state index is 0.0912. The molecule has 3 nitrogen and oxygen atoms in total. The summed E-state index contributed by atoms with van der Waals surface area (Å²) >= 11 is 0. The molecule has 2 atom stereocenters. The van der Waals surface area contributed by atoms with Gasteiger partial charge in [-0.2, -0.15) is 0 Å². The summed E-state index contributed by atoms with van der Waals surface area (Å²) < 4.78 is 0. The van der Waals surface area contributed by atoms with E-state index in [9.17, 15) is 4.79 Å². The van der Waals surface area contributed by atoms with Crippen LogP contribution >= 0.6 is 0 Å². The van der Waals surface area contributed by atoms with Crippen LogP contribution in [0.3, 0.4) is 0 Å². The van der Waals surface area contributed by atoms with Gasteiger partial charge in [0.05, 0.1) is 0 Å². The van der Waals surface area contributed by atoms with Crippen molar-refractivity contribution < 1.29 is 10.0 Å². The fourth-order valence-electron chi connectivity index (χ4n) is 2.41. The summed E-state index contributed by atoms with van der Waals surface area (Å²) in [7, 11) is 0. The Labute approximate surface area is 71.5 Å². The summed E-state index contributed by atoms with van der Waals surface area (Å²) in [5.41, 5.74) is 0.413. The van der Waals surface area contributed by atoms with Crippen LogP contribution in [0.2, 0.25) is 0 Å². The average molecular weight is 167 g/mol. The molecule has 3 heteroatoms. The van der Waals surface area contributed by atoms with Crippen molar-refractivity contribution in [2.75, 3.05) is 0 Å². The van der Waals surface area contributed by atoms with Crippen LogP contribution in [0, 0.1) is 11.8 Å². The molecule has 0 amide bonds. The van der Waals surface area contributed by atoms with Crippen molar-refractivity contribution in [2.45, 2.75) is 32.1 Å². The first-order valence-corrected chi connectivity index (χ1v) is 4.56. The lowest BCUT2D eigenvalue weighted by Crippen LogP contribution is -2.36. The Bertz CT molecular complexity index is 235. The Morgan fingerprint density at radius 3 is 3.00 bits per heavy atom. The maximum atomic E-state index is 11.5. The molecule has 0 aliphatic heterocycles. The van der Waals surface area contributed by atoms with Crippen LogP contribution in [0.4, 0.5) is 0 Å². The molecule has 2 fully saturated rings. The zero-order valence-corrected chi connectivity index (χ0v) is 6.99. The molecular formula is C9H13NO2. The Kier molecular flexibility index (Phi) is 1.87. The molecule has 2 unspecified atom stereocenters. The predicted molar refractivity (Wildman–Crippen MR) is 44.3 cm³/mol. The molecule has 0 aromatic rings. The molecule has 66 valence electrons. The maximum absolute atomic E-state index is 11.5. The van der Waals surface area contributed by atoms with Crippen LogP contribution in [0.1, 0.15) is 32.1 Å². The smallest absolute Gasteiger partial charge is 0.183 e. The van der Waals surface area contributed by atoms with Gasteiger partial charge in [0.2, 0.25) is 0 Å². The van der Waals surface area contributed by atoms with E-state index in [4.69, 9.17) is 5.21 Å². The number of rotatable bonds is 0. The van der Waals surface area contributed by atoms with Crippen molar-refractivity contribution in [1.29, 1.82) is 0 Å². The highest BCUT2D eigenvalue weighted by molar-refractivity contribution is 6.41. The Morgan fingerprint density at radius 1 is 1.42 bits per heavy atom. The molecule has 2 bridgehead atoms. The highest BCUT2D eigenvalue weighted by atomic mass is 16.4. The molecule has 12 heavy (non-hydrogen) atoms. The minimum Gasteiger partial charge on any atom is -0.411 e. The Hall–Kier alpha value is -0.860. The van der Waals surface area contributed by atoms with Crippen LogP contribution < -0.4 is 0 Å². The molecule has 0 radical (unpaired) electrons. The zero-order chi connectivity index (χ0) is 8.55. The Balaban J connectivity index is 2.19. The number of nitrogens with zero attached hydrogens (tertiary/aromatic N) is 1. The molecule has 1 N–H and O–H groups in total. The molecule has 0 aromatic carbocycles. The number of oxime groups is 1. The predicted octanol–water partition coefficient (Wildman–Crippen LogP) is 1.60. The second kappa shape index (κ2) is 2.88. The van der Waals surface area contributed by atoms with E-state index in [-0.39, 0.29) is 11.7 Å². The lowest BCUT2D eigenvalue weighted by molar-refractivity contribution is -0.119. The summed E-state index contributed by atoms with van der Waals surface area (Å²) in [6.07, 6.45) is 5.08. The van der Waals surface area contributed by atoms with Gasteiger partial charge in [-0.25, -0.2) is 0 Å². The van der Waals surface area contributed by atoms with E-state index in [1.165, 1.54) is 12.8 Å². The largest absolute Gasteiger partial charge is 0.411 e. The number of Topliss-reactive ketones (excluding diaryl/α,β-unsaturated/α-hetero) is 1. The lowest BCUT2D eigenvalue weighted by Gasteiger charge is -2.32. The zero-order valence-electron chi connectivity index (χ0n) is 6.99. The van der Waals surface area contributed by atoms with Gasteiger partial charge < -0.3 is 5.21 Å². The van der Waals surface area contributed by atoms with Crippen molar-refractivity contribution in [2.24, 2.45) is 17.0 Å².